The molecule has 0 spiro atoms. The second-order valence-electron chi connectivity index (χ2n) is 6.50. The van der Waals surface area contributed by atoms with E-state index >= 15 is 0 Å². The first-order chi connectivity index (χ1) is 11.0. The number of hydrogen-bond donors (Lipinski definition) is 0. The summed E-state index contributed by atoms with van der Waals surface area (Å²) in [7, 11) is 2.16. The van der Waals surface area contributed by atoms with Gasteiger partial charge in [-0.25, -0.2) is 9.13 Å². The fourth-order valence-electron chi connectivity index (χ4n) is 3.35. The van der Waals surface area contributed by atoms with Crippen LogP contribution in [0.15, 0.2) is 48.5 Å². The van der Waals surface area contributed by atoms with Gasteiger partial charge in [0, 0.05) is 13.8 Å². The molecule has 0 saturated heterocycles. The van der Waals surface area contributed by atoms with Crippen LogP contribution in [-0.2, 0) is 13.6 Å². The lowest BCUT2D eigenvalue weighted by atomic mass is 10.1. The van der Waals surface area contributed by atoms with Crippen LogP contribution >= 0.6 is 0 Å². The zero-order chi connectivity index (χ0) is 16.6. The number of benzene rings is 2. The summed E-state index contributed by atoms with van der Waals surface area (Å²) < 4.78 is 4.74. The first kappa shape index (κ1) is 18.7. The van der Waals surface area contributed by atoms with Gasteiger partial charge in [0.05, 0.1) is 12.6 Å². The first-order valence-electron chi connectivity index (χ1n) is 8.15. The predicted molar refractivity (Wildman–Crippen MR) is 95.5 cm³/mol. The second-order valence-corrected chi connectivity index (χ2v) is 6.50. The van der Waals surface area contributed by atoms with Crippen molar-refractivity contribution in [1.82, 2.24) is 4.57 Å². The van der Waals surface area contributed by atoms with Crippen LogP contribution in [0, 0.1) is 27.7 Å². The fraction of sp³-hybridized carbons (Fsp3) is 0.286. The van der Waals surface area contributed by atoms with Gasteiger partial charge in [-0.05, 0) is 42.7 Å². The van der Waals surface area contributed by atoms with E-state index in [1.54, 1.807) is 0 Å². The van der Waals surface area contributed by atoms with E-state index in [0.29, 0.717) is 0 Å². The largest absolute Gasteiger partial charge is 1.00 e. The molecule has 0 N–H and O–H groups in total. The zero-order valence-electron chi connectivity index (χ0n) is 15.1. The molecule has 0 fully saturated rings. The maximum absolute atomic E-state index is 2.43. The lowest BCUT2D eigenvalue weighted by Gasteiger charge is -2.07. The Kier molecular flexibility index (Phi) is 5.86. The monoisotopic (exact) mass is 432 g/mol. The van der Waals surface area contributed by atoms with Crippen LogP contribution in [0.2, 0.25) is 0 Å². The molecule has 0 bridgehead atoms. The zero-order valence-corrected chi connectivity index (χ0v) is 17.3. The molecule has 0 radical (unpaired) electrons. The summed E-state index contributed by atoms with van der Waals surface area (Å²) >= 11 is 0. The topological polar surface area (TPSA) is 8.81 Å². The summed E-state index contributed by atoms with van der Waals surface area (Å²) in [5, 5.41) is 0. The van der Waals surface area contributed by atoms with Gasteiger partial charge in [0.1, 0.15) is 17.9 Å². The molecular weight excluding hydrogens is 407 g/mol. The molecule has 126 valence electrons. The van der Waals surface area contributed by atoms with E-state index < -0.39 is 0 Å². The number of aryl methyl sites for hydroxylation is 2. The molecule has 1 heterocycles. The second kappa shape index (κ2) is 7.51. The molecule has 3 rings (SSSR count). The SMILES string of the molecule is Cc1cc(C)cc(-c2n(Cc3ccccc3)c(C)c(C)[n+]2C)c1.[I-]. The minimum absolute atomic E-state index is 0. The lowest BCUT2D eigenvalue weighted by Crippen LogP contribution is -3.00. The number of nitrogens with zero attached hydrogens (tertiary/aromatic N) is 2. The first-order valence-corrected chi connectivity index (χ1v) is 8.15. The molecule has 0 amide bonds. The van der Waals surface area contributed by atoms with E-state index in [2.05, 4.69) is 92.4 Å². The summed E-state index contributed by atoms with van der Waals surface area (Å²) in [5.41, 5.74) is 7.88. The molecule has 0 aliphatic rings. The van der Waals surface area contributed by atoms with Gasteiger partial charge in [0.25, 0.3) is 5.82 Å². The Morgan fingerprint density at radius 3 is 2.04 bits per heavy atom. The maximum atomic E-state index is 2.43. The number of halogens is 1. The van der Waals surface area contributed by atoms with Crippen molar-refractivity contribution < 1.29 is 28.5 Å². The normalized spacial score (nSPS) is 10.5. The number of imidazole rings is 1. The molecular formula is C21H25IN2. The molecule has 0 unspecified atom stereocenters. The van der Waals surface area contributed by atoms with E-state index in [0.717, 1.165) is 6.54 Å². The number of aromatic nitrogens is 2. The Hall–Kier alpha value is -1.62. The molecule has 2 aromatic carbocycles. The predicted octanol–water partition coefficient (Wildman–Crippen LogP) is 1.27. The van der Waals surface area contributed by atoms with Gasteiger partial charge >= 0.3 is 0 Å². The van der Waals surface area contributed by atoms with Crippen molar-refractivity contribution in [1.29, 1.82) is 0 Å². The highest BCUT2D eigenvalue weighted by Gasteiger charge is 2.25. The Labute approximate surface area is 162 Å². The Morgan fingerprint density at radius 2 is 1.46 bits per heavy atom. The van der Waals surface area contributed by atoms with Crippen molar-refractivity contribution in [3.8, 4) is 11.4 Å². The van der Waals surface area contributed by atoms with Gasteiger partial charge in [-0.3, -0.25) is 0 Å². The van der Waals surface area contributed by atoms with E-state index in [-0.39, 0.29) is 24.0 Å². The van der Waals surface area contributed by atoms with Gasteiger partial charge in [-0.15, -0.1) is 0 Å². The van der Waals surface area contributed by atoms with Crippen LogP contribution < -0.4 is 28.5 Å². The number of hydrogen-bond acceptors (Lipinski definition) is 0. The molecule has 2 nitrogen and oxygen atoms in total. The Morgan fingerprint density at radius 1 is 0.875 bits per heavy atom. The third-order valence-corrected chi connectivity index (χ3v) is 4.67. The highest BCUT2D eigenvalue weighted by molar-refractivity contribution is 5.57. The summed E-state index contributed by atoms with van der Waals surface area (Å²) in [6, 6.07) is 17.5. The van der Waals surface area contributed by atoms with Crippen LogP contribution in [0.1, 0.15) is 28.1 Å². The van der Waals surface area contributed by atoms with Gasteiger partial charge in [0.2, 0.25) is 0 Å². The summed E-state index contributed by atoms with van der Waals surface area (Å²) in [6.45, 7) is 9.64. The maximum Gasteiger partial charge on any atom is 0.289 e. The van der Waals surface area contributed by atoms with Crippen LogP contribution in [0.3, 0.4) is 0 Å². The van der Waals surface area contributed by atoms with E-state index in [1.807, 2.05) is 0 Å². The summed E-state index contributed by atoms with van der Waals surface area (Å²) in [5.74, 6) is 1.27. The van der Waals surface area contributed by atoms with Gasteiger partial charge in [-0.2, -0.15) is 0 Å². The summed E-state index contributed by atoms with van der Waals surface area (Å²) in [6.07, 6.45) is 0. The molecule has 0 saturated carbocycles. The average Bonchev–Trinajstić information content (AvgIpc) is 2.72. The van der Waals surface area contributed by atoms with Crippen molar-refractivity contribution in [3.63, 3.8) is 0 Å². The minimum Gasteiger partial charge on any atom is -1.00 e. The standard InChI is InChI=1S/C21H25N2.HI/c1-15-11-16(2)13-20(12-15)21-22(5)17(3)18(4)23(21)14-19-9-7-6-8-10-19;/h6-13H,14H2,1-5H3;1H/q+1;/p-1. The van der Waals surface area contributed by atoms with Gasteiger partial charge in [0.15, 0.2) is 0 Å². The van der Waals surface area contributed by atoms with E-state index in [9.17, 15) is 0 Å². The van der Waals surface area contributed by atoms with Crippen LogP contribution in [0.4, 0.5) is 0 Å². The molecule has 0 aliphatic carbocycles. The molecule has 3 heteroatoms. The van der Waals surface area contributed by atoms with Crippen molar-refractivity contribution in [3.05, 3.63) is 76.6 Å². The Bertz CT molecular complexity index is 828. The highest BCUT2D eigenvalue weighted by Crippen LogP contribution is 2.24. The molecule has 1 aromatic heterocycles. The van der Waals surface area contributed by atoms with E-state index in [4.69, 9.17) is 0 Å². The lowest BCUT2D eigenvalue weighted by molar-refractivity contribution is -0.665. The average molecular weight is 432 g/mol. The molecule has 0 atom stereocenters. The van der Waals surface area contributed by atoms with Crippen LogP contribution in [0.25, 0.3) is 11.4 Å². The highest BCUT2D eigenvalue weighted by atomic mass is 127. The van der Waals surface area contributed by atoms with E-state index in [1.165, 1.54) is 39.5 Å². The smallest absolute Gasteiger partial charge is 0.289 e. The molecule has 24 heavy (non-hydrogen) atoms. The Balaban J connectivity index is 0.00000208. The molecule has 0 aliphatic heterocycles. The van der Waals surface area contributed by atoms with Crippen LogP contribution in [0.5, 0.6) is 0 Å². The van der Waals surface area contributed by atoms with Gasteiger partial charge in [-0.1, -0.05) is 36.4 Å². The van der Waals surface area contributed by atoms with Crippen molar-refractivity contribution in [2.24, 2.45) is 7.05 Å². The fourth-order valence-corrected chi connectivity index (χ4v) is 3.35. The van der Waals surface area contributed by atoms with Crippen LogP contribution in [-0.4, -0.2) is 4.57 Å². The van der Waals surface area contributed by atoms with Crippen molar-refractivity contribution in [2.45, 2.75) is 34.2 Å². The van der Waals surface area contributed by atoms with Crippen molar-refractivity contribution in [2.75, 3.05) is 0 Å². The van der Waals surface area contributed by atoms with Crippen molar-refractivity contribution >= 4 is 0 Å². The third-order valence-electron chi connectivity index (χ3n) is 4.67. The third kappa shape index (κ3) is 3.56. The number of rotatable bonds is 3. The summed E-state index contributed by atoms with van der Waals surface area (Å²) in [4.78, 5) is 0. The quantitative estimate of drug-likeness (QED) is 0.436. The van der Waals surface area contributed by atoms with Gasteiger partial charge < -0.3 is 24.0 Å². The molecule has 3 aromatic rings. The minimum atomic E-state index is 0.